The van der Waals surface area contributed by atoms with Crippen LogP contribution >= 0.6 is 0 Å². The van der Waals surface area contributed by atoms with Crippen molar-refractivity contribution in [3.05, 3.63) is 29.8 Å². The van der Waals surface area contributed by atoms with Gasteiger partial charge in [-0.15, -0.1) is 0 Å². The maximum absolute atomic E-state index is 9.74. The van der Waals surface area contributed by atoms with Gasteiger partial charge in [0, 0.05) is 19.2 Å². The van der Waals surface area contributed by atoms with Gasteiger partial charge in [0.05, 0.1) is 0 Å². The van der Waals surface area contributed by atoms with Crippen molar-refractivity contribution in [3.63, 3.8) is 0 Å². The van der Waals surface area contributed by atoms with E-state index in [0.717, 1.165) is 11.3 Å². The van der Waals surface area contributed by atoms with Crippen LogP contribution in [-0.4, -0.2) is 42.1 Å². The third kappa shape index (κ3) is 5.49. The Morgan fingerprint density at radius 2 is 2.00 bits per heavy atom. The van der Waals surface area contributed by atoms with Gasteiger partial charge in [-0.25, -0.2) is 0 Å². The number of rotatable bonds is 8. The molecular weight excluding hydrogens is 230 g/mol. The fourth-order valence-electron chi connectivity index (χ4n) is 1.59. The summed E-state index contributed by atoms with van der Waals surface area (Å²) in [6.45, 7) is 4.92. The Morgan fingerprint density at radius 1 is 1.28 bits per heavy atom. The molecule has 0 aliphatic rings. The van der Waals surface area contributed by atoms with Crippen LogP contribution in [0, 0.1) is 0 Å². The zero-order valence-electron chi connectivity index (χ0n) is 11.1. The van der Waals surface area contributed by atoms with Gasteiger partial charge in [-0.05, 0) is 18.1 Å². The topological polar surface area (TPSA) is 61.7 Å². The summed E-state index contributed by atoms with van der Waals surface area (Å²) in [5, 5.41) is 21.8. The molecule has 1 rings (SSSR count). The number of hydrogen-bond acceptors (Lipinski definition) is 4. The quantitative estimate of drug-likeness (QED) is 0.646. The van der Waals surface area contributed by atoms with Gasteiger partial charge in [0.1, 0.15) is 18.5 Å². The normalized spacial score (nSPS) is 12.7. The van der Waals surface area contributed by atoms with Gasteiger partial charge in [0.25, 0.3) is 0 Å². The number of benzene rings is 1. The smallest absolute Gasteiger partial charge is 0.122 e. The Bertz CT molecular complexity index is 342. The van der Waals surface area contributed by atoms with Crippen LogP contribution in [0.1, 0.15) is 19.4 Å². The summed E-state index contributed by atoms with van der Waals surface area (Å²) in [6, 6.07) is 7.92. The highest BCUT2D eigenvalue weighted by atomic mass is 16.5. The highest BCUT2D eigenvalue weighted by Crippen LogP contribution is 2.18. The molecule has 4 nitrogen and oxygen atoms in total. The Balaban J connectivity index is 2.42. The third-order valence-electron chi connectivity index (χ3n) is 2.55. The number of para-hydroxylation sites is 1. The van der Waals surface area contributed by atoms with Gasteiger partial charge in [0.15, 0.2) is 0 Å². The molecule has 102 valence electrons. The maximum atomic E-state index is 9.74. The summed E-state index contributed by atoms with van der Waals surface area (Å²) < 4.78 is 5.58. The van der Waals surface area contributed by atoms with Crippen molar-refractivity contribution in [2.45, 2.75) is 32.4 Å². The van der Waals surface area contributed by atoms with E-state index in [1.54, 1.807) is 0 Å². The second-order valence-corrected chi connectivity index (χ2v) is 4.61. The second kappa shape index (κ2) is 8.08. The molecule has 0 aliphatic heterocycles. The monoisotopic (exact) mass is 253 g/mol. The fraction of sp³-hybridized carbons (Fsp3) is 0.571. The van der Waals surface area contributed by atoms with Crippen LogP contribution in [0.2, 0.25) is 0 Å². The predicted octanol–water partition coefficient (Wildman–Crippen LogP) is 0.959. The van der Waals surface area contributed by atoms with Crippen LogP contribution in [0.5, 0.6) is 5.75 Å². The molecule has 18 heavy (non-hydrogen) atoms. The molecule has 0 bridgehead atoms. The van der Waals surface area contributed by atoms with E-state index in [1.165, 1.54) is 0 Å². The van der Waals surface area contributed by atoms with Gasteiger partial charge < -0.3 is 20.3 Å². The standard InChI is InChI=1S/C14H23NO3/c1-11(2)15-9-13(17)10-18-14-6-4-3-5-12(14)7-8-16/h3-6,11,13,15-17H,7-10H2,1-2H3. The SMILES string of the molecule is CC(C)NCC(O)COc1ccccc1CCO. The molecule has 1 aromatic rings. The lowest BCUT2D eigenvalue weighted by atomic mass is 10.1. The van der Waals surface area contributed by atoms with E-state index >= 15 is 0 Å². The Morgan fingerprint density at radius 3 is 2.67 bits per heavy atom. The lowest BCUT2D eigenvalue weighted by Crippen LogP contribution is -2.35. The van der Waals surface area contributed by atoms with Crippen LogP contribution in [0.4, 0.5) is 0 Å². The minimum Gasteiger partial charge on any atom is -0.491 e. The molecule has 0 amide bonds. The first-order valence-electron chi connectivity index (χ1n) is 6.36. The summed E-state index contributed by atoms with van der Waals surface area (Å²) in [7, 11) is 0. The second-order valence-electron chi connectivity index (χ2n) is 4.61. The molecule has 0 fully saturated rings. The first kappa shape index (κ1) is 15.0. The molecule has 3 N–H and O–H groups in total. The van der Waals surface area contributed by atoms with E-state index in [1.807, 2.05) is 38.1 Å². The van der Waals surface area contributed by atoms with Crippen molar-refractivity contribution in [2.24, 2.45) is 0 Å². The van der Waals surface area contributed by atoms with E-state index < -0.39 is 6.10 Å². The van der Waals surface area contributed by atoms with Crippen LogP contribution < -0.4 is 10.1 Å². The average molecular weight is 253 g/mol. The maximum Gasteiger partial charge on any atom is 0.122 e. The number of ether oxygens (including phenoxy) is 1. The lowest BCUT2D eigenvalue weighted by molar-refractivity contribution is 0.104. The molecule has 1 atom stereocenters. The van der Waals surface area contributed by atoms with E-state index in [9.17, 15) is 5.11 Å². The molecule has 0 heterocycles. The minimum absolute atomic E-state index is 0.0951. The molecule has 0 aliphatic carbocycles. The molecule has 0 saturated carbocycles. The lowest BCUT2D eigenvalue weighted by Gasteiger charge is -2.16. The van der Waals surface area contributed by atoms with Gasteiger partial charge in [-0.2, -0.15) is 0 Å². The first-order chi connectivity index (χ1) is 8.63. The molecule has 0 radical (unpaired) electrons. The highest BCUT2D eigenvalue weighted by molar-refractivity contribution is 5.33. The molecule has 1 unspecified atom stereocenters. The van der Waals surface area contributed by atoms with Crippen molar-refractivity contribution in [1.82, 2.24) is 5.32 Å². The number of hydrogen-bond donors (Lipinski definition) is 3. The summed E-state index contributed by atoms with van der Waals surface area (Å²) >= 11 is 0. The zero-order chi connectivity index (χ0) is 13.4. The fourth-order valence-corrected chi connectivity index (χ4v) is 1.59. The molecule has 4 heteroatoms. The predicted molar refractivity (Wildman–Crippen MR) is 71.9 cm³/mol. The van der Waals surface area contributed by atoms with Gasteiger partial charge >= 0.3 is 0 Å². The van der Waals surface area contributed by atoms with Crippen LogP contribution in [0.15, 0.2) is 24.3 Å². The van der Waals surface area contributed by atoms with Crippen molar-refractivity contribution >= 4 is 0 Å². The van der Waals surface area contributed by atoms with Crippen LogP contribution in [0.3, 0.4) is 0 Å². The largest absolute Gasteiger partial charge is 0.491 e. The van der Waals surface area contributed by atoms with Crippen molar-refractivity contribution in [1.29, 1.82) is 0 Å². The van der Waals surface area contributed by atoms with Crippen molar-refractivity contribution < 1.29 is 14.9 Å². The van der Waals surface area contributed by atoms with Gasteiger partial charge in [-0.3, -0.25) is 0 Å². The molecule has 0 aromatic heterocycles. The Labute approximate surface area is 109 Å². The van der Waals surface area contributed by atoms with Crippen molar-refractivity contribution in [3.8, 4) is 5.75 Å². The van der Waals surface area contributed by atoms with Gasteiger partial charge in [0.2, 0.25) is 0 Å². The average Bonchev–Trinajstić information content (AvgIpc) is 2.35. The number of aliphatic hydroxyl groups excluding tert-OH is 2. The zero-order valence-corrected chi connectivity index (χ0v) is 11.1. The number of nitrogens with one attached hydrogen (secondary N) is 1. The van der Waals surface area contributed by atoms with Gasteiger partial charge in [-0.1, -0.05) is 32.0 Å². The molecular formula is C14H23NO3. The number of aliphatic hydroxyl groups is 2. The summed E-state index contributed by atoms with van der Waals surface area (Å²) in [5.74, 6) is 0.732. The van der Waals surface area contributed by atoms with Crippen LogP contribution in [-0.2, 0) is 6.42 Å². The van der Waals surface area contributed by atoms with Crippen molar-refractivity contribution in [2.75, 3.05) is 19.8 Å². The van der Waals surface area contributed by atoms with E-state index in [4.69, 9.17) is 9.84 Å². The molecule has 1 aromatic carbocycles. The molecule has 0 saturated heterocycles. The Kier molecular flexibility index (Phi) is 6.72. The molecule has 0 spiro atoms. The van der Waals surface area contributed by atoms with E-state index in [2.05, 4.69) is 5.32 Å². The third-order valence-corrected chi connectivity index (χ3v) is 2.55. The summed E-state index contributed by atoms with van der Waals surface area (Å²) in [5.41, 5.74) is 0.962. The summed E-state index contributed by atoms with van der Waals surface area (Å²) in [6.07, 6.45) is 0.0332. The minimum atomic E-state index is -0.533. The van der Waals surface area contributed by atoms with E-state index in [-0.39, 0.29) is 13.2 Å². The highest BCUT2D eigenvalue weighted by Gasteiger charge is 2.08. The first-order valence-corrected chi connectivity index (χ1v) is 6.36. The van der Waals surface area contributed by atoms with Crippen LogP contribution in [0.25, 0.3) is 0 Å². The van der Waals surface area contributed by atoms with E-state index in [0.29, 0.717) is 19.0 Å². The Hall–Kier alpha value is -1.10. The summed E-state index contributed by atoms with van der Waals surface area (Å²) in [4.78, 5) is 0.